The molecule has 1 aliphatic rings. The first-order valence-corrected chi connectivity index (χ1v) is 11.7. The summed E-state index contributed by atoms with van der Waals surface area (Å²) in [4.78, 5) is 4.41. The standard InChI is InChI=1S/C22H21NOS3/c1-15-8-7-9-16(2)21(15)23-14-25-22-17(3)12-19(13-20(22)27(23)24)26-18-10-5-4-6-11-18/h4-13H,14H2,1-3H3. The second-order valence-corrected chi connectivity index (χ2v) is 10.1. The molecule has 3 aromatic rings. The Hall–Kier alpha value is -1.69. The van der Waals surface area contributed by atoms with E-state index in [4.69, 9.17) is 0 Å². The number of thioether (sulfide) groups is 1. The highest BCUT2D eigenvalue weighted by Gasteiger charge is 2.28. The van der Waals surface area contributed by atoms with E-state index >= 15 is 0 Å². The van der Waals surface area contributed by atoms with Crippen LogP contribution in [0.5, 0.6) is 0 Å². The number of hydrogen-bond donors (Lipinski definition) is 0. The molecular formula is C22H21NOS3. The van der Waals surface area contributed by atoms with Crippen LogP contribution in [-0.2, 0) is 11.0 Å². The van der Waals surface area contributed by atoms with Crippen LogP contribution in [0.2, 0.25) is 0 Å². The van der Waals surface area contributed by atoms with Crippen LogP contribution in [0.15, 0.2) is 80.2 Å². The summed E-state index contributed by atoms with van der Waals surface area (Å²) in [5.41, 5.74) is 4.62. The molecule has 0 aliphatic carbocycles. The van der Waals surface area contributed by atoms with Gasteiger partial charge in [-0.05, 0) is 61.7 Å². The van der Waals surface area contributed by atoms with Crippen molar-refractivity contribution in [2.75, 3.05) is 10.2 Å². The van der Waals surface area contributed by atoms with Crippen molar-refractivity contribution in [1.82, 2.24) is 0 Å². The Balaban J connectivity index is 1.73. The van der Waals surface area contributed by atoms with Gasteiger partial charge in [0.2, 0.25) is 0 Å². The Bertz CT molecular complexity index is 997. The van der Waals surface area contributed by atoms with Crippen molar-refractivity contribution in [2.45, 2.75) is 40.4 Å². The largest absolute Gasteiger partial charge is 0.277 e. The summed E-state index contributed by atoms with van der Waals surface area (Å²) in [5.74, 6) is 0.706. The van der Waals surface area contributed by atoms with Crippen molar-refractivity contribution in [3.63, 3.8) is 0 Å². The molecule has 4 rings (SSSR count). The Labute approximate surface area is 172 Å². The highest BCUT2D eigenvalue weighted by Crippen LogP contribution is 2.42. The number of rotatable bonds is 3. The zero-order valence-electron chi connectivity index (χ0n) is 15.6. The summed E-state index contributed by atoms with van der Waals surface area (Å²) in [7, 11) is -1.20. The number of nitrogens with zero attached hydrogens (tertiary/aromatic N) is 1. The molecule has 2 nitrogen and oxygen atoms in total. The summed E-state index contributed by atoms with van der Waals surface area (Å²) in [6.45, 7) is 6.30. The summed E-state index contributed by atoms with van der Waals surface area (Å²) in [5, 5.41) is 0. The van der Waals surface area contributed by atoms with E-state index < -0.39 is 11.0 Å². The monoisotopic (exact) mass is 411 g/mol. The first kappa shape index (κ1) is 18.7. The van der Waals surface area contributed by atoms with Gasteiger partial charge in [0.15, 0.2) is 11.0 Å². The predicted molar refractivity (Wildman–Crippen MR) is 117 cm³/mol. The van der Waals surface area contributed by atoms with Gasteiger partial charge in [0, 0.05) is 14.7 Å². The molecule has 0 saturated carbocycles. The van der Waals surface area contributed by atoms with E-state index in [0.717, 1.165) is 20.4 Å². The molecule has 1 aliphatic heterocycles. The SMILES string of the molecule is Cc1cc(Sc2ccccc2)cc2c1SCN(c1c(C)cccc1C)S2=O. The molecule has 0 radical (unpaired) electrons. The highest BCUT2D eigenvalue weighted by molar-refractivity contribution is 8.02. The molecule has 5 heteroatoms. The molecule has 0 spiro atoms. The number of aryl methyl sites for hydroxylation is 3. The van der Waals surface area contributed by atoms with Gasteiger partial charge < -0.3 is 0 Å². The maximum absolute atomic E-state index is 13.5. The van der Waals surface area contributed by atoms with E-state index in [1.807, 2.05) is 22.5 Å². The Morgan fingerprint density at radius 2 is 1.59 bits per heavy atom. The average molecular weight is 412 g/mol. The van der Waals surface area contributed by atoms with Gasteiger partial charge in [0.1, 0.15) is 0 Å². The van der Waals surface area contributed by atoms with Crippen LogP contribution in [-0.4, -0.2) is 10.1 Å². The van der Waals surface area contributed by atoms with Gasteiger partial charge in [0.25, 0.3) is 0 Å². The van der Waals surface area contributed by atoms with Crippen LogP contribution < -0.4 is 4.31 Å². The minimum absolute atomic E-state index is 0.706. The van der Waals surface area contributed by atoms with Gasteiger partial charge in [-0.3, -0.25) is 4.31 Å². The van der Waals surface area contributed by atoms with Gasteiger partial charge in [-0.25, -0.2) is 4.21 Å². The zero-order chi connectivity index (χ0) is 19.0. The van der Waals surface area contributed by atoms with E-state index in [1.165, 1.54) is 21.6 Å². The number of fused-ring (bicyclic) bond motifs is 1. The molecule has 0 N–H and O–H groups in total. The minimum Gasteiger partial charge on any atom is -0.277 e. The maximum atomic E-state index is 13.5. The third-order valence-corrected chi connectivity index (χ3v) is 8.50. The quantitative estimate of drug-likeness (QED) is 0.500. The molecule has 0 bridgehead atoms. The van der Waals surface area contributed by atoms with Gasteiger partial charge in [-0.15, -0.1) is 11.8 Å². The fourth-order valence-corrected chi connectivity index (χ4v) is 7.43. The molecule has 1 unspecified atom stereocenters. The topological polar surface area (TPSA) is 20.3 Å². The smallest absolute Gasteiger partial charge is 0.154 e. The predicted octanol–water partition coefficient (Wildman–Crippen LogP) is 6.36. The van der Waals surface area contributed by atoms with Gasteiger partial charge in [-0.1, -0.05) is 48.2 Å². The van der Waals surface area contributed by atoms with Crippen LogP contribution in [0.4, 0.5) is 5.69 Å². The lowest BCUT2D eigenvalue weighted by Gasteiger charge is -2.31. The van der Waals surface area contributed by atoms with Crippen molar-refractivity contribution in [2.24, 2.45) is 0 Å². The average Bonchev–Trinajstić information content (AvgIpc) is 2.65. The molecule has 138 valence electrons. The molecule has 0 fully saturated rings. The zero-order valence-corrected chi connectivity index (χ0v) is 18.0. The van der Waals surface area contributed by atoms with Crippen molar-refractivity contribution >= 4 is 40.2 Å². The number of para-hydroxylation sites is 1. The normalized spacial score (nSPS) is 16.3. The van der Waals surface area contributed by atoms with E-state index in [2.05, 4.69) is 63.2 Å². The summed E-state index contributed by atoms with van der Waals surface area (Å²) >= 11 is 3.50. The fraction of sp³-hybridized carbons (Fsp3) is 0.182. The molecule has 1 heterocycles. The maximum Gasteiger partial charge on any atom is 0.154 e. The van der Waals surface area contributed by atoms with Crippen LogP contribution in [0.25, 0.3) is 0 Å². The van der Waals surface area contributed by atoms with Crippen LogP contribution >= 0.6 is 23.5 Å². The van der Waals surface area contributed by atoms with Crippen molar-refractivity contribution in [3.05, 3.63) is 77.4 Å². The Morgan fingerprint density at radius 3 is 2.30 bits per heavy atom. The third kappa shape index (κ3) is 3.68. The van der Waals surface area contributed by atoms with Crippen molar-refractivity contribution in [1.29, 1.82) is 0 Å². The van der Waals surface area contributed by atoms with Crippen molar-refractivity contribution < 1.29 is 4.21 Å². The Morgan fingerprint density at radius 1 is 0.889 bits per heavy atom. The lowest BCUT2D eigenvalue weighted by Crippen LogP contribution is -2.30. The lowest BCUT2D eigenvalue weighted by molar-refractivity contribution is 0.678. The number of hydrogen-bond acceptors (Lipinski definition) is 3. The second-order valence-electron chi connectivity index (χ2n) is 6.62. The third-order valence-electron chi connectivity index (χ3n) is 4.60. The van der Waals surface area contributed by atoms with Gasteiger partial charge in [-0.2, -0.15) is 0 Å². The minimum atomic E-state index is -1.20. The first-order chi connectivity index (χ1) is 13.0. The van der Waals surface area contributed by atoms with Gasteiger partial charge in [0.05, 0.1) is 16.5 Å². The first-order valence-electron chi connectivity index (χ1n) is 8.80. The van der Waals surface area contributed by atoms with E-state index in [1.54, 1.807) is 23.5 Å². The summed E-state index contributed by atoms with van der Waals surface area (Å²) < 4.78 is 15.5. The van der Waals surface area contributed by atoms with E-state index in [-0.39, 0.29) is 0 Å². The van der Waals surface area contributed by atoms with Crippen LogP contribution in [0, 0.1) is 20.8 Å². The number of benzene rings is 3. The van der Waals surface area contributed by atoms with Crippen LogP contribution in [0.1, 0.15) is 16.7 Å². The molecule has 3 aromatic carbocycles. The molecule has 0 saturated heterocycles. The summed E-state index contributed by atoms with van der Waals surface area (Å²) in [6.07, 6.45) is 0. The van der Waals surface area contributed by atoms with Crippen LogP contribution in [0.3, 0.4) is 0 Å². The molecular weight excluding hydrogens is 390 g/mol. The van der Waals surface area contributed by atoms with Crippen molar-refractivity contribution in [3.8, 4) is 0 Å². The lowest BCUT2D eigenvalue weighted by atomic mass is 10.1. The highest BCUT2D eigenvalue weighted by atomic mass is 32.2. The number of anilines is 1. The second kappa shape index (κ2) is 7.74. The Kier molecular flexibility index (Phi) is 5.35. The fourth-order valence-electron chi connectivity index (χ4n) is 3.34. The van der Waals surface area contributed by atoms with E-state index in [0.29, 0.717) is 5.88 Å². The summed E-state index contributed by atoms with van der Waals surface area (Å²) in [6, 6.07) is 20.9. The molecule has 1 atom stereocenters. The molecule has 0 aromatic heterocycles. The van der Waals surface area contributed by atoms with Gasteiger partial charge >= 0.3 is 0 Å². The molecule has 0 amide bonds. The van der Waals surface area contributed by atoms with E-state index in [9.17, 15) is 4.21 Å². The molecule has 27 heavy (non-hydrogen) atoms.